The van der Waals surface area contributed by atoms with Crippen molar-refractivity contribution in [1.29, 1.82) is 0 Å². The maximum Gasteiger partial charge on any atom is 0.264 e. The average Bonchev–Trinajstić information content (AvgIpc) is 3.04. The molecule has 0 radical (unpaired) electrons. The second kappa shape index (κ2) is 16.2. The van der Waals surface area contributed by atoms with Crippen molar-refractivity contribution in [2.45, 2.75) is 57.1 Å². The maximum absolute atomic E-state index is 14.6. The minimum atomic E-state index is -4.30. The van der Waals surface area contributed by atoms with Gasteiger partial charge in [0, 0.05) is 29.1 Å². The molecule has 0 aliphatic rings. The van der Waals surface area contributed by atoms with Crippen molar-refractivity contribution in [3.63, 3.8) is 0 Å². The molecule has 0 bridgehead atoms. The van der Waals surface area contributed by atoms with Crippen LogP contribution in [0.2, 0.25) is 20.1 Å². The molecule has 2 amide bonds. The van der Waals surface area contributed by atoms with Crippen molar-refractivity contribution in [3.8, 4) is 0 Å². The van der Waals surface area contributed by atoms with Crippen LogP contribution in [0.25, 0.3) is 0 Å². The summed E-state index contributed by atoms with van der Waals surface area (Å²) >= 11 is 25.2. The predicted molar refractivity (Wildman–Crippen MR) is 191 cm³/mol. The van der Waals surface area contributed by atoms with Gasteiger partial charge in [0.25, 0.3) is 10.0 Å². The SMILES string of the molecule is CC[C@H](C)NC(=O)[C@H](Cc1ccccc1)N(Cc1ccc(Cl)cc1Cl)C(=O)CN(c1ccc(Cl)c(Cl)c1)S(=O)(=O)c1ccc(C)cc1. The van der Waals surface area contributed by atoms with E-state index >= 15 is 0 Å². The summed E-state index contributed by atoms with van der Waals surface area (Å²) in [5, 5.41) is 4.04. The van der Waals surface area contributed by atoms with E-state index in [2.05, 4.69) is 5.32 Å². The van der Waals surface area contributed by atoms with Crippen LogP contribution in [0.5, 0.6) is 0 Å². The average molecular weight is 736 g/mol. The van der Waals surface area contributed by atoms with Crippen molar-refractivity contribution >= 4 is 73.9 Å². The molecule has 47 heavy (non-hydrogen) atoms. The molecular formula is C35H35Cl4N3O4S. The fourth-order valence-electron chi connectivity index (χ4n) is 4.83. The Labute approximate surface area is 296 Å². The first kappa shape index (κ1) is 36.6. The molecule has 12 heteroatoms. The summed E-state index contributed by atoms with van der Waals surface area (Å²) in [6.07, 6.45) is 0.832. The van der Waals surface area contributed by atoms with Crippen LogP contribution in [-0.4, -0.2) is 43.8 Å². The molecule has 0 saturated carbocycles. The van der Waals surface area contributed by atoms with E-state index in [0.29, 0.717) is 22.0 Å². The van der Waals surface area contributed by atoms with Gasteiger partial charge in [-0.25, -0.2) is 8.42 Å². The lowest BCUT2D eigenvalue weighted by Crippen LogP contribution is -2.54. The molecule has 0 aromatic heterocycles. The molecule has 0 unspecified atom stereocenters. The number of hydrogen-bond donors (Lipinski definition) is 1. The van der Waals surface area contributed by atoms with Crippen LogP contribution in [0, 0.1) is 6.92 Å². The molecule has 0 spiro atoms. The minimum absolute atomic E-state index is 0.0235. The van der Waals surface area contributed by atoms with Crippen molar-refractivity contribution < 1.29 is 18.0 Å². The highest BCUT2D eigenvalue weighted by Crippen LogP contribution is 2.31. The van der Waals surface area contributed by atoms with Crippen LogP contribution < -0.4 is 9.62 Å². The summed E-state index contributed by atoms with van der Waals surface area (Å²) in [5.41, 5.74) is 2.33. The van der Waals surface area contributed by atoms with E-state index in [9.17, 15) is 18.0 Å². The number of amides is 2. The zero-order valence-corrected chi connectivity index (χ0v) is 29.9. The van der Waals surface area contributed by atoms with E-state index in [4.69, 9.17) is 46.4 Å². The smallest absolute Gasteiger partial charge is 0.264 e. The second-order valence-corrected chi connectivity index (χ2v) is 14.7. The molecule has 1 N–H and O–H groups in total. The van der Waals surface area contributed by atoms with Crippen molar-refractivity contribution in [1.82, 2.24) is 10.2 Å². The highest BCUT2D eigenvalue weighted by molar-refractivity contribution is 7.92. The summed E-state index contributed by atoms with van der Waals surface area (Å²) in [4.78, 5) is 29.9. The van der Waals surface area contributed by atoms with E-state index in [-0.39, 0.29) is 45.5 Å². The van der Waals surface area contributed by atoms with Crippen LogP contribution in [0.15, 0.2) is 95.9 Å². The first-order valence-corrected chi connectivity index (χ1v) is 17.9. The molecule has 0 fully saturated rings. The lowest BCUT2D eigenvalue weighted by Gasteiger charge is -2.34. The Balaban J connectivity index is 1.85. The third-order valence-electron chi connectivity index (χ3n) is 7.71. The number of aryl methyl sites for hydroxylation is 1. The van der Waals surface area contributed by atoms with Crippen molar-refractivity contribution in [2.75, 3.05) is 10.8 Å². The molecule has 2 atom stereocenters. The van der Waals surface area contributed by atoms with Crippen molar-refractivity contribution in [3.05, 3.63) is 128 Å². The zero-order chi connectivity index (χ0) is 34.3. The fraction of sp³-hybridized carbons (Fsp3) is 0.257. The minimum Gasteiger partial charge on any atom is -0.352 e. The molecule has 248 valence electrons. The van der Waals surface area contributed by atoms with E-state index in [1.807, 2.05) is 51.1 Å². The summed E-state index contributed by atoms with van der Waals surface area (Å²) in [6.45, 7) is 4.91. The summed E-state index contributed by atoms with van der Waals surface area (Å²) in [7, 11) is -4.30. The molecule has 0 saturated heterocycles. The molecule has 4 aromatic rings. The highest BCUT2D eigenvalue weighted by Gasteiger charge is 2.35. The number of sulfonamides is 1. The van der Waals surface area contributed by atoms with Crippen LogP contribution >= 0.6 is 46.4 Å². The van der Waals surface area contributed by atoms with Gasteiger partial charge in [-0.1, -0.05) is 107 Å². The number of benzene rings is 4. The number of nitrogens with one attached hydrogen (secondary N) is 1. The Bertz CT molecular complexity index is 1820. The number of carbonyl (C=O) groups is 2. The number of nitrogens with zero attached hydrogens (tertiary/aromatic N) is 2. The highest BCUT2D eigenvalue weighted by atomic mass is 35.5. The Morgan fingerprint density at radius 2 is 1.51 bits per heavy atom. The van der Waals surface area contributed by atoms with Gasteiger partial charge in [-0.3, -0.25) is 13.9 Å². The third kappa shape index (κ3) is 9.42. The number of anilines is 1. The monoisotopic (exact) mass is 733 g/mol. The van der Waals surface area contributed by atoms with Gasteiger partial charge in [-0.05, 0) is 73.9 Å². The van der Waals surface area contributed by atoms with Crippen LogP contribution in [0.1, 0.15) is 37.0 Å². The molecule has 0 aliphatic carbocycles. The number of hydrogen-bond acceptors (Lipinski definition) is 4. The van der Waals surface area contributed by atoms with Gasteiger partial charge in [0.1, 0.15) is 12.6 Å². The molecular weight excluding hydrogens is 700 g/mol. The largest absolute Gasteiger partial charge is 0.352 e. The number of carbonyl (C=O) groups excluding carboxylic acids is 2. The lowest BCUT2D eigenvalue weighted by molar-refractivity contribution is -0.140. The Morgan fingerprint density at radius 3 is 2.13 bits per heavy atom. The first-order chi connectivity index (χ1) is 22.3. The van der Waals surface area contributed by atoms with E-state index in [1.165, 1.54) is 35.2 Å². The second-order valence-electron chi connectivity index (χ2n) is 11.2. The zero-order valence-electron chi connectivity index (χ0n) is 26.1. The van der Waals surface area contributed by atoms with E-state index < -0.39 is 28.5 Å². The van der Waals surface area contributed by atoms with Gasteiger partial charge in [0.05, 0.1) is 20.6 Å². The summed E-state index contributed by atoms with van der Waals surface area (Å²) < 4.78 is 29.4. The number of halogens is 4. The van der Waals surface area contributed by atoms with E-state index in [0.717, 1.165) is 15.4 Å². The first-order valence-electron chi connectivity index (χ1n) is 14.9. The standard InChI is InChI=1S/C35H35Cl4N3O4S/c1-4-24(3)40-35(44)33(18-25-8-6-5-7-9-25)41(21-26-12-13-27(36)19-31(26)38)34(43)22-42(28-14-17-30(37)32(39)20-28)47(45,46)29-15-10-23(2)11-16-29/h5-17,19-20,24,33H,4,18,21-22H2,1-3H3,(H,40,44)/t24-,33-/m0/s1. The lowest BCUT2D eigenvalue weighted by atomic mass is 10.0. The predicted octanol–water partition coefficient (Wildman–Crippen LogP) is 8.36. The Hall–Kier alpha value is -3.27. The van der Waals surface area contributed by atoms with Gasteiger partial charge < -0.3 is 10.2 Å². The van der Waals surface area contributed by atoms with Gasteiger partial charge in [0.2, 0.25) is 11.8 Å². The maximum atomic E-state index is 14.6. The molecule has 7 nitrogen and oxygen atoms in total. The van der Waals surface area contributed by atoms with Crippen LogP contribution in [0.3, 0.4) is 0 Å². The quantitative estimate of drug-likeness (QED) is 0.150. The van der Waals surface area contributed by atoms with Crippen LogP contribution in [-0.2, 0) is 32.6 Å². The van der Waals surface area contributed by atoms with E-state index in [1.54, 1.807) is 30.3 Å². The Kier molecular flexibility index (Phi) is 12.6. The fourth-order valence-corrected chi connectivity index (χ4v) is 7.00. The molecule has 0 heterocycles. The molecule has 0 aliphatic heterocycles. The molecule has 4 rings (SSSR count). The van der Waals surface area contributed by atoms with Crippen molar-refractivity contribution in [2.24, 2.45) is 0 Å². The normalized spacial score (nSPS) is 12.7. The summed E-state index contributed by atoms with van der Waals surface area (Å²) in [5.74, 6) is -1.03. The van der Waals surface area contributed by atoms with Gasteiger partial charge in [-0.2, -0.15) is 0 Å². The number of rotatable bonds is 13. The van der Waals surface area contributed by atoms with Gasteiger partial charge >= 0.3 is 0 Å². The van der Waals surface area contributed by atoms with Gasteiger partial charge in [0.15, 0.2) is 0 Å². The molecule has 4 aromatic carbocycles. The van der Waals surface area contributed by atoms with Crippen LogP contribution in [0.4, 0.5) is 5.69 Å². The third-order valence-corrected chi connectivity index (χ3v) is 10.8. The Morgan fingerprint density at radius 1 is 0.830 bits per heavy atom. The summed E-state index contributed by atoms with van der Waals surface area (Å²) in [6, 6.07) is 23.6. The topological polar surface area (TPSA) is 86.8 Å². The van der Waals surface area contributed by atoms with Gasteiger partial charge in [-0.15, -0.1) is 0 Å².